The molecule has 0 radical (unpaired) electrons. The summed E-state index contributed by atoms with van der Waals surface area (Å²) in [6, 6.07) is 9.98. The Balaban J connectivity index is 0.00000120. The van der Waals surface area contributed by atoms with E-state index >= 15 is 0 Å². The summed E-state index contributed by atoms with van der Waals surface area (Å²) < 4.78 is 49.9. The minimum absolute atomic E-state index is 0. The average molecular weight is 489 g/mol. The summed E-state index contributed by atoms with van der Waals surface area (Å²) in [7, 11) is 1.50. The summed E-state index contributed by atoms with van der Waals surface area (Å²) >= 11 is 0. The Kier molecular flexibility index (Phi) is 12.0. The van der Waals surface area contributed by atoms with Crippen LogP contribution in [0.5, 0.6) is 11.5 Å². The quantitative estimate of drug-likeness (QED) is 0.297. The zero-order valence-electron chi connectivity index (χ0n) is 20.0. The average Bonchev–Trinajstić information content (AvgIpc) is 2.86. The van der Waals surface area contributed by atoms with E-state index in [1.807, 2.05) is 0 Å². The second-order valence-electron chi connectivity index (χ2n) is 7.02. The number of nitriles is 1. The van der Waals surface area contributed by atoms with E-state index in [1.165, 1.54) is 31.7 Å². The Labute approximate surface area is 220 Å². The molecule has 0 amide bonds. The summed E-state index contributed by atoms with van der Waals surface area (Å²) in [5, 5.41) is 13.1. The predicted octanol–water partition coefficient (Wildman–Crippen LogP) is 3.36. The minimum Gasteiger partial charge on any atom is -0.493 e. The van der Waals surface area contributed by atoms with Gasteiger partial charge in [0.1, 0.15) is 6.07 Å². The topological polar surface area (TPSA) is 84.2 Å². The molecular formula is C26H23F3LiN3O3-2. The van der Waals surface area contributed by atoms with Crippen molar-refractivity contribution in [3.05, 3.63) is 80.2 Å². The maximum absolute atomic E-state index is 12.8. The molecule has 6 nitrogen and oxygen atoms in total. The maximum atomic E-state index is 12.8. The van der Waals surface area contributed by atoms with Gasteiger partial charge in [0, 0.05) is 29.4 Å². The van der Waals surface area contributed by atoms with Crippen LogP contribution < -0.4 is 33.7 Å². The van der Waals surface area contributed by atoms with Gasteiger partial charge in [-0.3, -0.25) is 4.98 Å². The van der Waals surface area contributed by atoms with E-state index in [-0.39, 0.29) is 30.5 Å². The number of anilines is 2. The molecule has 10 heteroatoms. The number of halogens is 3. The summed E-state index contributed by atoms with van der Waals surface area (Å²) in [5.74, 6) is 0.886. The Morgan fingerprint density at radius 1 is 1.22 bits per heavy atom. The molecule has 0 unspecified atom stereocenters. The fraction of sp³-hybridized carbons (Fsp3) is 0.192. The van der Waals surface area contributed by atoms with Gasteiger partial charge < -0.3 is 33.4 Å². The second kappa shape index (κ2) is 14.2. The number of hydrogen-bond donors (Lipinski definition) is 1. The van der Waals surface area contributed by atoms with Crippen molar-refractivity contribution in [1.82, 2.24) is 4.98 Å². The summed E-state index contributed by atoms with van der Waals surface area (Å²) in [6.45, 7) is 10.7. The first-order valence-corrected chi connectivity index (χ1v) is 10.3. The van der Waals surface area contributed by atoms with Crippen LogP contribution in [0.25, 0.3) is 10.9 Å². The predicted molar refractivity (Wildman–Crippen MR) is 128 cm³/mol. The fourth-order valence-corrected chi connectivity index (χ4v) is 3.00. The number of benzene rings is 2. The van der Waals surface area contributed by atoms with E-state index in [4.69, 9.17) is 14.3 Å². The number of ether oxygens (including phenoxy) is 2. The van der Waals surface area contributed by atoms with Crippen molar-refractivity contribution in [2.75, 3.05) is 12.4 Å². The first-order chi connectivity index (χ1) is 16.7. The molecule has 0 aliphatic carbocycles. The molecule has 1 heterocycles. The van der Waals surface area contributed by atoms with Crippen molar-refractivity contribution in [1.29, 1.82) is 5.26 Å². The van der Waals surface area contributed by atoms with Crippen LogP contribution in [-0.2, 0) is 11.0 Å². The molecule has 0 bridgehead atoms. The van der Waals surface area contributed by atoms with Crippen LogP contribution in [0.4, 0.5) is 24.5 Å². The van der Waals surface area contributed by atoms with Crippen molar-refractivity contribution < 1.29 is 46.3 Å². The van der Waals surface area contributed by atoms with Crippen LogP contribution in [0.1, 0.15) is 24.0 Å². The zero-order chi connectivity index (χ0) is 26.0. The largest absolute Gasteiger partial charge is 1.00 e. The van der Waals surface area contributed by atoms with E-state index in [1.54, 1.807) is 12.1 Å². The van der Waals surface area contributed by atoms with Crippen molar-refractivity contribution in [3.8, 4) is 17.6 Å². The Hall–Kier alpha value is -3.46. The number of hydrogen-bond acceptors (Lipinski definition) is 6. The molecule has 36 heavy (non-hydrogen) atoms. The monoisotopic (exact) mass is 489 g/mol. The van der Waals surface area contributed by atoms with Gasteiger partial charge in [-0.15, -0.1) is 12.8 Å². The maximum Gasteiger partial charge on any atom is 1.00 e. The number of aromatic nitrogens is 1. The van der Waals surface area contributed by atoms with Gasteiger partial charge in [-0.05, 0) is 36.6 Å². The number of methoxy groups -OCH3 is 1. The van der Waals surface area contributed by atoms with Crippen molar-refractivity contribution in [2.45, 2.75) is 25.1 Å². The molecule has 0 saturated heterocycles. The molecule has 3 rings (SSSR count). The van der Waals surface area contributed by atoms with Gasteiger partial charge in [0.2, 0.25) is 0 Å². The van der Waals surface area contributed by atoms with E-state index in [2.05, 4.69) is 36.8 Å². The Morgan fingerprint density at radius 3 is 2.31 bits per heavy atom. The molecule has 0 atom stereocenters. The molecule has 184 valence electrons. The standard InChI is InChI=1S/C23H20F3N3O2.C3H3O.Li/c1-4-17(5-2)31-21-10-18-19(11-20(21)30-3)28-13-14(12-27)22(18)29-16-8-6-15(7-9-16)23(24,25)26;1-2-3-4;/h6-11,13,17H,1-2,4-5H2,3H3,(H,28,29);2H,1H2;/q-2;-1;+1. The van der Waals surface area contributed by atoms with Crippen LogP contribution in [0.2, 0.25) is 0 Å². The normalized spacial score (nSPS) is 10.4. The number of alkyl halides is 3. The van der Waals surface area contributed by atoms with Crippen molar-refractivity contribution in [2.24, 2.45) is 0 Å². The van der Waals surface area contributed by atoms with Crippen LogP contribution in [0.15, 0.2) is 55.3 Å². The summed E-state index contributed by atoms with van der Waals surface area (Å²) in [5.41, 5.74) is 0.794. The summed E-state index contributed by atoms with van der Waals surface area (Å²) in [4.78, 5) is 13.2. The van der Waals surface area contributed by atoms with Gasteiger partial charge >= 0.3 is 25.0 Å². The number of fused-ring (bicyclic) bond motifs is 1. The van der Waals surface area contributed by atoms with Crippen LogP contribution in [-0.4, -0.2) is 24.5 Å². The third-order valence-corrected chi connectivity index (χ3v) is 4.78. The zero-order valence-corrected chi connectivity index (χ0v) is 20.0. The second-order valence-corrected chi connectivity index (χ2v) is 7.02. The minimum atomic E-state index is -4.43. The number of pyridine rings is 1. The molecule has 1 N–H and O–H groups in total. The number of allylic oxidation sites excluding steroid dienone is 1. The Morgan fingerprint density at radius 2 is 1.83 bits per heavy atom. The van der Waals surface area contributed by atoms with Gasteiger partial charge in [-0.25, -0.2) is 12.7 Å². The third kappa shape index (κ3) is 7.78. The van der Waals surface area contributed by atoms with Gasteiger partial charge in [0.05, 0.1) is 29.4 Å². The fourth-order valence-electron chi connectivity index (χ4n) is 3.00. The first kappa shape index (κ1) is 30.6. The molecule has 2 aromatic carbocycles. The van der Waals surface area contributed by atoms with Crippen LogP contribution in [0, 0.1) is 25.2 Å². The first-order valence-electron chi connectivity index (χ1n) is 10.3. The molecule has 0 aliphatic heterocycles. The number of carbonyl (C=O) groups excluding carboxylic acids is 1. The molecule has 0 aliphatic rings. The Bertz CT molecular complexity index is 1200. The number of rotatable bonds is 8. The van der Waals surface area contributed by atoms with E-state index in [9.17, 15) is 18.4 Å². The smallest absolute Gasteiger partial charge is 0.493 e. The molecule has 1 aromatic heterocycles. The van der Waals surface area contributed by atoms with Crippen molar-refractivity contribution in [3.63, 3.8) is 0 Å². The van der Waals surface area contributed by atoms with Crippen LogP contribution in [0.3, 0.4) is 0 Å². The van der Waals surface area contributed by atoms with E-state index < -0.39 is 11.7 Å². The molecule has 3 aromatic rings. The SMILES string of the molecule is C=C[C-]=O.[CH2-]CC(C[CH2-])Oc1cc2c(Nc3ccc(C(F)(F)F)cc3)c(C#N)cnc2cc1OC.[Li+]. The molecular weight excluding hydrogens is 466 g/mol. The van der Waals surface area contributed by atoms with Gasteiger partial charge in [-0.1, -0.05) is 0 Å². The van der Waals surface area contributed by atoms with Gasteiger partial charge in [0.15, 0.2) is 11.5 Å². The van der Waals surface area contributed by atoms with Gasteiger partial charge in [-0.2, -0.15) is 18.4 Å². The van der Waals surface area contributed by atoms with Gasteiger partial charge in [0.25, 0.3) is 0 Å². The van der Waals surface area contributed by atoms with Crippen molar-refractivity contribution >= 4 is 28.6 Å². The number of nitrogens with one attached hydrogen (secondary N) is 1. The summed E-state index contributed by atoms with van der Waals surface area (Å²) in [6.07, 6.45) is 0.241. The molecule has 0 spiro atoms. The third-order valence-electron chi connectivity index (χ3n) is 4.78. The van der Waals surface area contributed by atoms with E-state index in [0.29, 0.717) is 46.6 Å². The number of nitrogens with zero attached hydrogens (tertiary/aromatic N) is 2. The molecule has 0 fully saturated rings. The van der Waals surface area contributed by atoms with Crippen LogP contribution >= 0.6 is 0 Å². The van der Waals surface area contributed by atoms with E-state index in [0.717, 1.165) is 18.2 Å². The molecule has 0 saturated carbocycles.